The van der Waals surface area contributed by atoms with Crippen LogP contribution in [0.2, 0.25) is 0 Å². The van der Waals surface area contributed by atoms with E-state index in [9.17, 15) is 4.79 Å². The fourth-order valence-electron chi connectivity index (χ4n) is 2.38. The molecular weight excluding hydrogens is 244 g/mol. The van der Waals surface area contributed by atoms with Crippen LogP contribution in [0.15, 0.2) is 23.3 Å². The summed E-state index contributed by atoms with van der Waals surface area (Å²) in [7, 11) is 0. The predicted octanol–water partition coefficient (Wildman–Crippen LogP) is 5.81. The molecule has 0 bridgehead atoms. The molecule has 0 amide bonds. The zero-order valence-electron chi connectivity index (χ0n) is 15.2. The Balaban J connectivity index is 5.73. The maximum Gasteiger partial charge on any atom is 0.147 e. The Morgan fingerprint density at radius 2 is 0.950 bits per heavy atom. The van der Waals surface area contributed by atoms with E-state index in [0.29, 0.717) is 5.78 Å². The van der Waals surface area contributed by atoms with Crippen molar-refractivity contribution in [2.45, 2.75) is 69.2 Å². The molecule has 0 aromatic heterocycles. The van der Waals surface area contributed by atoms with E-state index in [1.807, 2.05) is 0 Å². The van der Waals surface area contributed by atoms with Crippen LogP contribution >= 0.6 is 0 Å². The first-order chi connectivity index (χ1) is 8.76. The lowest BCUT2D eigenvalue weighted by Gasteiger charge is -2.35. The van der Waals surface area contributed by atoms with Crippen LogP contribution < -0.4 is 0 Å². The van der Waals surface area contributed by atoms with Gasteiger partial charge in [-0.25, -0.2) is 0 Å². The smallest absolute Gasteiger partial charge is 0.147 e. The normalized spacial score (nSPS) is 15.3. The number of carbonyl (C=O) groups excluding carboxylic acids is 1. The van der Waals surface area contributed by atoms with Crippen LogP contribution in [-0.2, 0) is 4.79 Å². The third-order valence-corrected chi connectivity index (χ3v) is 3.48. The van der Waals surface area contributed by atoms with E-state index in [2.05, 4.69) is 81.4 Å². The molecule has 20 heavy (non-hydrogen) atoms. The second kappa shape index (κ2) is 6.74. The molecule has 0 saturated heterocycles. The van der Waals surface area contributed by atoms with Gasteiger partial charge in [0.1, 0.15) is 5.78 Å². The maximum absolute atomic E-state index is 13.1. The summed E-state index contributed by atoms with van der Waals surface area (Å²) in [5.41, 5.74) is 2.33. The van der Waals surface area contributed by atoms with Gasteiger partial charge in [0.15, 0.2) is 0 Å². The highest BCUT2D eigenvalue weighted by atomic mass is 16.1. The summed E-state index contributed by atoms with van der Waals surface area (Å²) in [6, 6.07) is 0. The van der Waals surface area contributed by atoms with Gasteiger partial charge in [0, 0.05) is 11.8 Å². The standard InChI is InChI=1S/C19H34O/c1-13(2)11-15(18(5,6)7)17(20)16(12-14(3)4)19(8,9)10/h11-12,15-16H,1-10H3. The van der Waals surface area contributed by atoms with Gasteiger partial charge in [-0.15, -0.1) is 0 Å². The number of Topliss-reactive ketones (excluding diaryl/α,β-unsaturated/α-hetero) is 1. The highest BCUT2D eigenvalue weighted by Crippen LogP contribution is 2.37. The van der Waals surface area contributed by atoms with Crippen LogP contribution in [0, 0.1) is 22.7 Å². The molecule has 0 radical (unpaired) electrons. The van der Waals surface area contributed by atoms with Crippen molar-refractivity contribution in [3.63, 3.8) is 0 Å². The van der Waals surface area contributed by atoms with E-state index in [1.54, 1.807) is 0 Å². The number of allylic oxidation sites excluding steroid dienone is 4. The van der Waals surface area contributed by atoms with Crippen LogP contribution in [-0.4, -0.2) is 5.78 Å². The monoisotopic (exact) mass is 278 g/mol. The van der Waals surface area contributed by atoms with E-state index >= 15 is 0 Å². The molecule has 2 atom stereocenters. The number of carbonyl (C=O) groups is 1. The third-order valence-electron chi connectivity index (χ3n) is 3.48. The van der Waals surface area contributed by atoms with Gasteiger partial charge in [0.25, 0.3) is 0 Å². The quantitative estimate of drug-likeness (QED) is 0.593. The number of hydrogen-bond donors (Lipinski definition) is 0. The Morgan fingerprint density at radius 1 is 0.700 bits per heavy atom. The minimum atomic E-state index is -0.0483. The molecule has 0 N–H and O–H groups in total. The van der Waals surface area contributed by atoms with Crippen molar-refractivity contribution in [2.24, 2.45) is 22.7 Å². The molecule has 0 aromatic rings. The summed E-state index contributed by atoms with van der Waals surface area (Å²) < 4.78 is 0. The minimum Gasteiger partial charge on any atom is -0.298 e. The fraction of sp³-hybridized carbons (Fsp3) is 0.737. The molecule has 116 valence electrons. The summed E-state index contributed by atoms with van der Waals surface area (Å²) in [4.78, 5) is 13.1. The fourth-order valence-corrected chi connectivity index (χ4v) is 2.38. The zero-order valence-corrected chi connectivity index (χ0v) is 15.2. The Kier molecular flexibility index (Phi) is 6.45. The molecule has 0 aliphatic carbocycles. The van der Waals surface area contributed by atoms with Crippen molar-refractivity contribution in [2.75, 3.05) is 0 Å². The van der Waals surface area contributed by atoms with Crippen molar-refractivity contribution in [1.29, 1.82) is 0 Å². The van der Waals surface area contributed by atoms with Gasteiger partial charge in [0.2, 0.25) is 0 Å². The molecule has 0 spiro atoms. The second-order valence-corrected chi connectivity index (χ2v) is 8.58. The topological polar surface area (TPSA) is 17.1 Å². The highest BCUT2D eigenvalue weighted by molar-refractivity contribution is 5.88. The Bertz CT molecular complexity index is 350. The Morgan fingerprint density at radius 3 is 1.10 bits per heavy atom. The van der Waals surface area contributed by atoms with Crippen molar-refractivity contribution >= 4 is 5.78 Å². The summed E-state index contributed by atoms with van der Waals surface area (Å²) in [6.07, 6.45) is 4.28. The molecule has 0 aliphatic heterocycles. The lowest BCUT2D eigenvalue weighted by atomic mass is 9.68. The number of rotatable bonds is 4. The minimum absolute atomic E-state index is 0.0349. The van der Waals surface area contributed by atoms with Crippen LogP contribution in [0.4, 0.5) is 0 Å². The first-order valence-electron chi connectivity index (χ1n) is 7.60. The lowest BCUT2D eigenvalue weighted by Crippen LogP contribution is -2.37. The molecule has 0 heterocycles. The lowest BCUT2D eigenvalue weighted by molar-refractivity contribution is -0.129. The van der Waals surface area contributed by atoms with Crippen LogP contribution in [0.25, 0.3) is 0 Å². The summed E-state index contributed by atoms with van der Waals surface area (Å²) in [6.45, 7) is 21.2. The molecule has 0 fully saturated rings. The summed E-state index contributed by atoms with van der Waals surface area (Å²) in [5, 5.41) is 0. The van der Waals surface area contributed by atoms with Gasteiger partial charge in [0.05, 0.1) is 0 Å². The van der Waals surface area contributed by atoms with Crippen LogP contribution in [0.3, 0.4) is 0 Å². The molecule has 0 saturated carbocycles. The van der Waals surface area contributed by atoms with Crippen LogP contribution in [0.1, 0.15) is 69.2 Å². The first kappa shape index (κ1) is 19.1. The van der Waals surface area contributed by atoms with E-state index in [4.69, 9.17) is 0 Å². The molecule has 0 aromatic carbocycles. The van der Waals surface area contributed by atoms with E-state index in [0.717, 1.165) is 0 Å². The first-order valence-corrected chi connectivity index (χ1v) is 7.60. The average Bonchev–Trinajstić information content (AvgIpc) is 2.18. The van der Waals surface area contributed by atoms with Crippen molar-refractivity contribution in [3.05, 3.63) is 23.3 Å². The Labute approximate surface area is 126 Å². The van der Waals surface area contributed by atoms with Gasteiger partial charge in [-0.05, 0) is 38.5 Å². The predicted molar refractivity (Wildman–Crippen MR) is 89.8 cm³/mol. The SMILES string of the molecule is CC(C)=CC(C(=O)C(C=C(C)C)C(C)(C)C)C(C)(C)C. The maximum atomic E-state index is 13.1. The summed E-state index contributed by atoms with van der Waals surface area (Å²) >= 11 is 0. The molecule has 2 unspecified atom stereocenters. The molecule has 0 rings (SSSR count). The van der Waals surface area contributed by atoms with Gasteiger partial charge in [-0.2, -0.15) is 0 Å². The van der Waals surface area contributed by atoms with Gasteiger partial charge in [-0.1, -0.05) is 64.8 Å². The largest absolute Gasteiger partial charge is 0.298 e. The summed E-state index contributed by atoms with van der Waals surface area (Å²) in [5.74, 6) is 0.270. The molecule has 0 aliphatic rings. The highest BCUT2D eigenvalue weighted by Gasteiger charge is 2.37. The van der Waals surface area contributed by atoms with E-state index in [-0.39, 0.29) is 22.7 Å². The molecule has 1 heteroatoms. The third kappa shape index (κ3) is 6.07. The van der Waals surface area contributed by atoms with Crippen molar-refractivity contribution < 1.29 is 4.79 Å². The van der Waals surface area contributed by atoms with Crippen molar-refractivity contribution in [3.8, 4) is 0 Å². The van der Waals surface area contributed by atoms with Crippen molar-refractivity contribution in [1.82, 2.24) is 0 Å². The molecular formula is C19H34O. The van der Waals surface area contributed by atoms with E-state index < -0.39 is 0 Å². The average molecular weight is 278 g/mol. The van der Waals surface area contributed by atoms with Gasteiger partial charge >= 0.3 is 0 Å². The molecule has 1 nitrogen and oxygen atoms in total. The Hall–Kier alpha value is -0.850. The zero-order chi connectivity index (χ0) is 16.3. The number of ketones is 1. The van der Waals surface area contributed by atoms with Gasteiger partial charge in [-0.3, -0.25) is 4.79 Å². The number of hydrogen-bond acceptors (Lipinski definition) is 1. The van der Waals surface area contributed by atoms with Crippen LogP contribution in [0.5, 0.6) is 0 Å². The second-order valence-electron chi connectivity index (χ2n) is 8.58. The van der Waals surface area contributed by atoms with Gasteiger partial charge < -0.3 is 0 Å². The van der Waals surface area contributed by atoms with E-state index in [1.165, 1.54) is 11.1 Å².